The Morgan fingerprint density at radius 1 is 1.35 bits per heavy atom. The highest BCUT2D eigenvalue weighted by Crippen LogP contribution is 2.30. The molecule has 1 amide bonds. The first-order chi connectivity index (χ1) is 9.81. The summed E-state index contributed by atoms with van der Waals surface area (Å²) < 4.78 is 11.1. The summed E-state index contributed by atoms with van der Waals surface area (Å²) in [6.45, 7) is 2.44. The van der Waals surface area contributed by atoms with Gasteiger partial charge in [-0.05, 0) is 37.3 Å². The molecule has 1 atom stereocenters. The second kappa shape index (κ2) is 6.22. The lowest BCUT2D eigenvalue weighted by atomic mass is 10.3. The molecule has 1 aromatic heterocycles. The molecule has 1 saturated heterocycles. The van der Waals surface area contributed by atoms with E-state index in [0.717, 1.165) is 31.2 Å². The van der Waals surface area contributed by atoms with Crippen molar-refractivity contribution in [1.82, 2.24) is 9.88 Å². The van der Waals surface area contributed by atoms with E-state index in [4.69, 9.17) is 9.47 Å². The van der Waals surface area contributed by atoms with E-state index >= 15 is 0 Å². The highest BCUT2D eigenvalue weighted by molar-refractivity contribution is 5.68. The van der Waals surface area contributed by atoms with Crippen LogP contribution >= 0.6 is 0 Å². The van der Waals surface area contributed by atoms with Crippen LogP contribution in [0, 0.1) is 5.92 Å². The summed E-state index contributed by atoms with van der Waals surface area (Å²) in [5.41, 5.74) is 0.765. The highest BCUT2D eigenvalue weighted by Gasteiger charge is 2.30. The molecule has 20 heavy (non-hydrogen) atoms. The van der Waals surface area contributed by atoms with Crippen LogP contribution in [0.2, 0.25) is 0 Å². The third-order valence-corrected chi connectivity index (χ3v) is 3.74. The van der Waals surface area contributed by atoms with Crippen molar-refractivity contribution < 1.29 is 14.3 Å². The lowest BCUT2D eigenvalue weighted by Gasteiger charge is -2.16. The number of pyridine rings is 1. The number of aromatic nitrogens is 1. The van der Waals surface area contributed by atoms with Gasteiger partial charge < -0.3 is 14.4 Å². The van der Waals surface area contributed by atoms with E-state index in [1.54, 1.807) is 11.1 Å². The number of amides is 1. The van der Waals surface area contributed by atoms with Crippen LogP contribution in [0.25, 0.3) is 0 Å². The van der Waals surface area contributed by atoms with Crippen LogP contribution in [0.1, 0.15) is 25.0 Å². The summed E-state index contributed by atoms with van der Waals surface area (Å²) in [7, 11) is 0. The zero-order chi connectivity index (χ0) is 13.8. The van der Waals surface area contributed by atoms with Crippen LogP contribution in [0.4, 0.5) is 4.79 Å². The van der Waals surface area contributed by atoms with Gasteiger partial charge in [-0.1, -0.05) is 6.07 Å². The van der Waals surface area contributed by atoms with Gasteiger partial charge in [0, 0.05) is 19.3 Å². The van der Waals surface area contributed by atoms with Crippen molar-refractivity contribution in [3.05, 3.63) is 30.1 Å². The topological polar surface area (TPSA) is 51.7 Å². The molecular weight excluding hydrogens is 256 g/mol. The number of hydrogen-bond acceptors (Lipinski definition) is 4. The Morgan fingerprint density at radius 2 is 2.25 bits per heavy atom. The van der Waals surface area contributed by atoms with Crippen molar-refractivity contribution in [3.8, 4) is 0 Å². The average molecular weight is 276 g/mol. The van der Waals surface area contributed by atoms with Gasteiger partial charge >= 0.3 is 6.09 Å². The van der Waals surface area contributed by atoms with Crippen molar-refractivity contribution in [2.45, 2.75) is 32.0 Å². The molecule has 5 heteroatoms. The Balaban J connectivity index is 1.39. The minimum atomic E-state index is -0.270. The van der Waals surface area contributed by atoms with Crippen LogP contribution in [0.15, 0.2) is 24.4 Å². The van der Waals surface area contributed by atoms with Crippen molar-refractivity contribution in [2.75, 3.05) is 19.7 Å². The molecule has 1 unspecified atom stereocenters. The largest absolute Gasteiger partial charge is 0.443 e. The number of rotatable bonds is 5. The van der Waals surface area contributed by atoms with Crippen molar-refractivity contribution in [1.29, 1.82) is 0 Å². The smallest absolute Gasteiger partial charge is 0.410 e. The molecule has 0 aromatic carbocycles. The molecule has 1 saturated carbocycles. The highest BCUT2D eigenvalue weighted by atomic mass is 16.6. The third-order valence-electron chi connectivity index (χ3n) is 3.74. The van der Waals surface area contributed by atoms with Gasteiger partial charge in [0.15, 0.2) is 0 Å². The molecule has 108 valence electrons. The van der Waals surface area contributed by atoms with Gasteiger partial charge in [-0.3, -0.25) is 4.98 Å². The molecule has 1 aliphatic heterocycles. The van der Waals surface area contributed by atoms with Gasteiger partial charge in [-0.15, -0.1) is 0 Å². The Kier molecular flexibility index (Phi) is 4.16. The monoisotopic (exact) mass is 276 g/mol. The lowest BCUT2D eigenvalue weighted by Crippen LogP contribution is -2.30. The lowest BCUT2D eigenvalue weighted by molar-refractivity contribution is 0.0477. The van der Waals surface area contributed by atoms with E-state index in [2.05, 4.69) is 4.98 Å². The quantitative estimate of drug-likeness (QED) is 0.827. The Hall–Kier alpha value is -1.62. The fraction of sp³-hybridized carbons (Fsp3) is 0.600. The number of carbonyl (C=O) groups is 1. The Bertz CT molecular complexity index is 448. The third kappa shape index (κ3) is 3.70. The molecule has 1 aromatic rings. The predicted octanol–water partition coefficient (Wildman–Crippen LogP) is 2.22. The van der Waals surface area contributed by atoms with Gasteiger partial charge in [0.05, 0.1) is 18.3 Å². The van der Waals surface area contributed by atoms with Crippen LogP contribution in [-0.2, 0) is 16.1 Å². The molecule has 5 nitrogen and oxygen atoms in total. The van der Waals surface area contributed by atoms with E-state index < -0.39 is 0 Å². The first kappa shape index (κ1) is 13.4. The van der Waals surface area contributed by atoms with E-state index in [0.29, 0.717) is 6.54 Å². The first-order valence-electron chi connectivity index (χ1n) is 7.24. The van der Waals surface area contributed by atoms with E-state index in [1.807, 2.05) is 18.2 Å². The standard InChI is InChI=1S/C15H20N2O3/c18-15(20-11-13-3-1-2-7-16-13)17-8-6-14(9-17)19-10-12-4-5-12/h1-3,7,12,14H,4-6,8-11H2. The molecular formula is C15H20N2O3. The van der Waals surface area contributed by atoms with Gasteiger partial charge in [0.1, 0.15) is 6.61 Å². The van der Waals surface area contributed by atoms with Crippen LogP contribution < -0.4 is 0 Å². The molecule has 0 radical (unpaired) electrons. The zero-order valence-electron chi connectivity index (χ0n) is 11.5. The maximum atomic E-state index is 11.9. The van der Waals surface area contributed by atoms with Gasteiger partial charge in [-0.25, -0.2) is 4.79 Å². The molecule has 2 fully saturated rings. The summed E-state index contributed by atoms with van der Waals surface area (Å²) in [6.07, 6.45) is 5.10. The Labute approximate surface area is 118 Å². The normalized spacial score (nSPS) is 22.0. The maximum Gasteiger partial charge on any atom is 0.410 e. The SMILES string of the molecule is O=C(OCc1ccccn1)N1CCC(OCC2CC2)C1. The van der Waals surface area contributed by atoms with Gasteiger partial charge in [-0.2, -0.15) is 0 Å². The van der Waals surface area contributed by atoms with Crippen molar-refractivity contribution in [2.24, 2.45) is 5.92 Å². The molecule has 0 spiro atoms. The first-order valence-corrected chi connectivity index (χ1v) is 7.24. The fourth-order valence-electron chi connectivity index (χ4n) is 2.30. The summed E-state index contributed by atoms with van der Waals surface area (Å²) in [5.74, 6) is 0.764. The van der Waals surface area contributed by atoms with Crippen LogP contribution in [0.3, 0.4) is 0 Å². The molecule has 3 rings (SSSR count). The molecule has 0 bridgehead atoms. The van der Waals surface area contributed by atoms with Gasteiger partial charge in [0.2, 0.25) is 0 Å². The number of ether oxygens (including phenoxy) is 2. The maximum absolute atomic E-state index is 11.9. The number of nitrogens with zero attached hydrogens (tertiary/aromatic N) is 2. The summed E-state index contributed by atoms with van der Waals surface area (Å²) in [6, 6.07) is 5.57. The fourth-order valence-corrected chi connectivity index (χ4v) is 2.30. The summed E-state index contributed by atoms with van der Waals surface area (Å²) in [5, 5.41) is 0. The number of carbonyl (C=O) groups excluding carboxylic acids is 1. The predicted molar refractivity (Wildman–Crippen MR) is 73.1 cm³/mol. The van der Waals surface area contributed by atoms with Crippen molar-refractivity contribution >= 4 is 6.09 Å². The second-order valence-electron chi connectivity index (χ2n) is 5.51. The molecule has 2 heterocycles. The minimum Gasteiger partial charge on any atom is -0.443 e. The Morgan fingerprint density at radius 3 is 3.00 bits per heavy atom. The molecule has 2 aliphatic rings. The minimum absolute atomic E-state index is 0.179. The molecule has 1 aliphatic carbocycles. The molecule has 0 N–H and O–H groups in total. The van der Waals surface area contributed by atoms with E-state index in [1.165, 1.54) is 12.8 Å². The van der Waals surface area contributed by atoms with Gasteiger partial charge in [0.25, 0.3) is 0 Å². The van der Waals surface area contributed by atoms with E-state index in [-0.39, 0.29) is 18.8 Å². The second-order valence-corrected chi connectivity index (χ2v) is 5.51. The summed E-state index contributed by atoms with van der Waals surface area (Å²) >= 11 is 0. The van der Waals surface area contributed by atoms with Crippen LogP contribution in [0.5, 0.6) is 0 Å². The number of hydrogen-bond donors (Lipinski definition) is 0. The zero-order valence-corrected chi connectivity index (χ0v) is 11.5. The number of likely N-dealkylation sites (tertiary alicyclic amines) is 1. The summed E-state index contributed by atoms with van der Waals surface area (Å²) in [4.78, 5) is 17.8. The average Bonchev–Trinajstić information content (AvgIpc) is 3.20. The van der Waals surface area contributed by atoms with Crippen molar-refractivity contribution in [3.63, 3.8) is 0 Å². The van der Waals surface area contributed by atoms with Crippen LogP contribution in [-0.4, -0.2) is 41.8 Å². The van der Waals surface area contributed by atoms with E-state index in [9.17, 15) is 4.79 Å².